The predicted octanol–water partition coefficient (Wildman–Crippen LogP) is 3.04. The third-order valence-electron chi connectivity index (χ3n) is 3.37. The lowest BCUT2D eigenvalue weighted by Gasteiger charge is -2.21. The molecule has 0 fully saturated rings. The molecule has 0 saturated carbocycles. The first kappa shape index (κ1) is 16.5. The number of halogens is 1. The Hall–Kier alpha value is -0.580. The molecule has 1 rings (SSSR count). The minimum atomic E-state index is 0.642. The SMILES string of the molecule is CNCC(CNCc1cc(Br)ccc1OC)C(C)C. The second-order valence-electron chi connectivity index (χ2n) is 5.15. The van der Waals surface area contributed by atoms with Gasteiger partial charge in [0.25, 0.3) is 0 Å². The summed E-state index contributed by atoms with van der Waals surface area (Å²) in [6, 6.07) is 6.10. The highest BCUT2D eigenvalue weighted by atomic mass is 79.9. The maximum Gasteiger partial charge on any atom is 0.123 e. The topological polar surface area (TPSA) is 33.3 Å². The van der Waals surface area contributed by atoms with Crippen molar-refractivity contribution in [3.63, 3.8) is 0 Å². The largest absolute Gasteiger partial charge is 0.496 e. The average Bonchev–Trinajstić information content (AvgIpc) is 2.38. The van der Waals surface area contributed by atoms with Gasteiger partial charge < -0.3 is 15.4 Å². The van der Waals surface area contributed by atoms with Crippen molar-refractivity contribution in [1.29, 1.82) is 0 Å². The van der Waals surface area contributed by atoms with Crippen molar-refractivity contribution in [3.05, 3.63) is 28.2 Å². The number of hydrogen-bond acceptors (Lipinski definition) is 3. The van der Waals surface area contributed by atoms with Crippen LogP contribution in [-0.4, -0.2) is 27.2 Å². The zero-order chi connectivity index (χ0) is 14.3. The molecule has 1 unspecified atom stereocenters. The van der Waals surface area contributed by atoms with E-state index in [9.17, 15) is 0 Å². The first-order valence-corrected chi connectivity index (χ1v) is 7.55. The van der Waals surface area contributed by atoms with Crippen molar-refractivity contribution >= 4 is 15.9 Å². The summed E-state index contributed by atoms with van der Waals surface area (Å²) in [6.07, 6.45) is 0. The van der Waals surface area contributed by atoms with Gasteiger partial charge in [-0.1, -0.05) is 29.8 Å². The fourth-order valence-corrected chi connectivity index (χ4v) is 2.49. The Morgan fingerprint density at radius 3 is 2.58 bits per heavy atom. The number of hydrogen-bond donors (Lipinski definition) is 2. The lowest BCUT2D eigenvalue weighted by atomic mass is 9.95. The molecule has 1 aromatic carbocycles. The van der Waals surface area contributed by atoms with Gasteiger partial charge in [-0.15, -0.1) is 0 Å². The minimum Gasteiger partial charge on any atom is -0.496 e. The first-order chi connectivity index (χ1) is 9.08. The summed E-state index contributed by atoms with van der Waals surface area (Å²) >= 11 is 3.50. The maximum absolute atomic E-state index is 5.38. The van der Waals surface area contributed by atoms with Gasteiger partial charge in [0.1, 0.15) is 5.75 Å². The summed E-state index contributed by atoms with van der Waals surface area (Å²) in [6.45, 7) is 7.41. The molecule has 0 saturated heterocycles. The van der Waals surface area contributed by atoms with Crippen molar-refractivity contribution in [2.45, 2.75) is 20.4 Å². The molecular formula is C15H25BrN2O. The van der Waals surface area contributed by atoms with E-state index in [1.54, 1.807) is 7.11 Å². The fourth-order valence-electron chi connectivity index (χ4n) is 2.08. The molecule has 3 nitrogen and oxygen atoms in total. The molecule has 0 amide bonds. The van der Waals surface area contributed by atoms with E-state index in [1.165, 1.54) is 5.56 Å². The third kappa shape index (κ3) is 5.51. The Labute approximate surface area is 125 Å². The zero-order valence-electron chi connectivity index (χ0n) is 12.3. The molecule has 108 valence electrons. The van der Waals surface area contributed by atoms with Gasteiger partial charge in [0.15, 0.2) is 0 Å². The molecule has 2 N–H and O–H groups in total. The third-order valence-corrected chi connectivity index (χ3v) is 3.87. The molecule has 4 heteroatoms. The first-order valence-electron chi connectivity index (χ1n) is 6.76. The molecule has 0 aliphatic heterocycles. The average molecular weight is 329 g/mol. The molecule has 0 aliphatic rings. The van der Waals surface area contributed by atoms with Crippen molar-refractivity contribution in [3.8, 4) is 5.75 Å². The van der Waals surface area contributed by atoms with Gasteiger partial charge in [-0.2, -0.15) is 0 Å². The molecule has 0 aliphatic carbocycles. The molecule has 0 spiro atoms. The van der Waals surface area contributed by atoms with Gasteiger partial charge >= 0.3 is 0 Å². The highest BCUT2D eigenvalue weighted by Crippen LogP contribution is 2.22. The van der Waals surface area contributed by atoms with Gasteiger partial charge in [0.2, 0.25) is 0 Å². The monoisotopic (exact) mass is 328 g/mol. The summed E-state index contributed by atoms with van der Waals surface area (Å²) in [4.78, 5) is 0. The van der Waals surface area contributed by atoms with E-state index in [0.717, 1.165) is 29.9 Å². The van der Waals surface area contributed by atoms with E-state index in [1.807, 2.05) is 19.2 Å². The molecule has 0 heterocycles. The Kier molecular flexibility index (Phi) is 7.42. The van der Waals surface area contributed by atoms with Crippen LogP contribution in [0.3, 0.4) is 0 Å². The standard InChI is InChI=1S/C15H25BrN2O/c1-11(2)13(8-17-3)10-18-9-12-7-14(16)5-6-15(12)19-4/h5-7,11,13,17-18H,8-10H2,1-4H3. The number of nitrogens with one attached hydrogen (secondary N) is 2. The lowest BCUT2D eigenvalue weighted by molar-refractivity contribution is 0.350. The quantitative estimate of drug-likeness (QED) is 0.769. The van der Waals surface area contributed by atoms with Gasteiger partial charge in [0, 0.05) is 16.6 Å². The molecule has 1 aromatic rings. The Balaban J connectivity index is 2.54. The molecular weight excluding hydrogens is 304 g/mol. The summed E-state index contributed by atoms with van der Waals surface area (Å²) in [5.74, 6) is 2.25. The van der Waals surface area contributed by atoms with Crippen LogP contribution in [0.4, 0.5) is 0 Å². The van der Waals surface area contributed by atoms with E-state index in [-0.39, 0.29) is 0 Å². The molecule has 0 bridgehead atoms. The normalized spacial score (nSPS) is 12.7. The van der Waals surface area contributed by atoms with E-state index in [0.29, 0.717) is 11.8 Å². The van der Waals surface area contributed by atoms with Crippen molar-refractivity contribution in [2.75, 3.05) is 27.2 Å². The van der Waals surface area contributed by atoms with Crippen LogP contribution in [0.2, 0.25) is 0 Å². The maximum atomic E-state index is 5.38. The van der Waals surface area contributed by atoms with Gasteiger partial charge in [-0.05, 0) is 50.2 Å². The summed E-state index contributed by atoms with van der Waals surface area (Å²) in [5, 5.41) is 6.79. The molecule has 0 radical (unpaired) electrons. The van der Waals surface area contributed by atoms with E-state index < -0.39 is 0 Å². The lowest BCUT2D eigenvalue weighted by Crippen LogP contribution is -2.33. The van der Waals surface area contributed by atoms with Crippen LogP contribution < -0.4 is 15.4 Å². The number of rotatable bonds is 8. The Morgan fingerprint density at radius 1 is 1.26 bits per heavy atom. The highest BCUT2D eigenvalue weighted by Gasteiger charge is 2.12. The predicted molar refractivity (Wildman–Crippen MR) is 84.7 cm³/mol. The number of ether oxygens (including phenoxy) is 1. The summed E-state index contributed by atoms with van der Waals surface area (Å²) < 4.78 is 6.46. The van der Waals surface area contributed by atoms with Gasteiger partial charge in [0.05, 0.1) is 7.11 Å². The van der Waals surface area contributed by atoms with E-state index in [2.05, 4.69) is 46.5 Å². The van der Waals surface area contributed by atoms with Gasteiger partial charge in [-0.25, -0.2) is 0 Å². The van der Waals surface area contributed by atoms with Crippen LogP contribution >= 0.6 is 15.9 Å². The minimum absolute atomic E-state index is 0.642. The van der Waals surface area contributed by atoms with Crippen LogP contribution in [0.5, 0.6) is 5.75 Å². The molecule has 1 atom stereocenters. The smallest absolute Gasteiger partial charge is 0.123 e. The zero-order valence-corrected chi connectivity index (χ0v) is 13.9. The van der Waals surface area contributed by atoms with Crippen molar-refractivity contribution in [2.24, 2.45) is 11.8 Å². The van der Waals surface area contributed by atoms with E-state index in [4.69, 9.17) is 4.74 Å². The van der Waals surface area contributed by atoms with Crippen molar-refractivity contribution in [1.82, 2.24) is 10.6 Å². The summed E-state index contributed by atoms with van der Waals surface area (Å²) in [7, 11) is 3.72. The number of benzene rings is 1. The van der Waals surface area contributed by atoms with Gasteiger partial charge in [-0.3, -0.25) is 0 Å². The second kappa shape index (κ2) is 8.56. The Bertz CT molecular complexity index is 382. The summed E-state index contributed by atoms with van der Waals surface area (Å²) in [5.41, 5.74) is 1.18. The van der Waals surface area contributed by atoms with Crippen LogP contribution in [0.1, 0.15) is 19.4 Å². The molecule has 19 heavy (non-hydrogen) atoms. The van der Waals surface area contributed by atoms with E-state index >= 15 is 0 Å². The Morgan fingerprint density at radius 2 is 2.00 bits per heavy atom. The second-order valence-corrected chi connectivity index (χ2v) is 6.06. The fraction of sp³-hybridized carbons (Fsp3) is 0.600. The van der Waals surface area contributed by atoms with Crippen LogP contribution in [-0.2, 0) is 6.54 Å². The number of methoxy groups -OCH3 is 1. The van der Waals surface area contributed by atoms with Crippen molar-refractivity contribution < 1.29 is 4.74 Å². The highest BCUT2D eigenvalue weighted by molar-refractivity contribution is 9.10. The van der Waals surface area contributed by atoms with Crippen LogP contribution in [0.15, 0.2) is 22.7 Å². The molecule has 0 aromatic heterocycles. The van der Waals surface area contributed by atoms with Crippen LogP contribution in [0, 0.1) is 11.8 Å². The van der Waals surface area contributed by atoms with Crippen LogP contribution in [0.25, 0.3) is 0 Å².